The van der Waals surface area contributed by atoms with Gasteiger partial charge < -0.3 is 21.9 Å². The minimum absolute atomic E-state index is 0.0157. The number of aliphatic hydroxyl groups is 1. The number of aryl methyl sites for hydroxylation is 1. The van der Waals surface area contributed by atoms with Gasteiger partial charge in [0, 0.05) is 4.88 Å². The number of nitrogens with one attached hydrogen (secondary N) is 1. The lowest BCUT2D eigenvalue weighted by Crippen LogP contribution is -2.34. The number of rotatable bonds is 5. The van der Waals surface area contributed by atoms with Gasteiger partial charge in [-0.1, -0.05) is 6.92 Å². The van der Waals surface area contributed by atoms with Crippen LogP contribution < -0.4 is 16.8 Å². The molecule has 0 radical (unpaired) electrons. The molecule has 0 aliphatic rings. The number of amides is 1. The van der Waals surface area contributed by atoms with Crippen LogP contribution in [0.5, 0.6) is 0 Å². The zero-order chi connectivity index (χ0) is 14.0. The van der Waals surface area contributed by atoms with Crippen LogP contribution in [-0.2, 0) is 11.2 Å². The summed E-state index contributed by atoms with van der Waals surface area (Å²) in [6, 6.07) is 1.97. The van der Waals surface area contributed by atoms with E-state index in [0.717, 1.165) is 21.5 Å². The molecule has 1 atom stereocenters. The van der Waals surface area contributed by atoms with Crippen molar-refractivity contribution in [2.45, 2.75) is 19.4 Å². The second-order valence-corrected chi connectivity index (χ2v) is 5.13. The van der Waals surface area contributed by atoms with Gasteiger partial charge in [0.15, 0.2) is 0 Å². The molecule has 0 spiro atoms. The topological polar surface area (TPSA) is 127 Å². The number of aromatic nitrogens is 2. The van der Waals surface area contributed by atoms with Crippen LogP contribution in [0, 0.1) is 0 Å². The molecule has 0 saturated carbocycles. The van der Waals surface area contributed by atoms with E-state index in [4.69, 9.17) is 11.5 Å². The number of nitrogen functional groups attached to an aromatic ring is 1. The van der Waals surface area contributed by atoms with E-state index < -0.39 is 12.0 Å². The third-order valence-corrected chi connectivity index (χ3v) is 3.77. The molecular formula is C11H15N5O2S. The van der Waals surface area contributed by atoms with Crippen LogP contribution in [0.15, 0.2) is 6.07 Å². The van der Waals surface area contributed by atoms with Gasteiger partial charge in [0.1, 0.15) is 16.8 Å². The van der Waals surface area contributed by atoms with Crippen LogP contribution in [0.3, 0.4) is 0 Å². The smallest absolute Gasteiger partial charge is 0.248 e. The molecule has 2 aromatic rings. The molecule has 0 aliphatic carbocycles. The quantitative estimate of drug-likeness (QED) is 0.615. The van der Waals surface area contributed by atoms with Gasteiger partial charge >= 0.3 is 0 Å². The predicted molar refractivity (Wildman–Crippen MR) is 74.9 cm³/mol. The maximum atomic E-state index is 10.8. The number of nitrogens with two attached hydrogens (primary N) is 2. The number of carbonyl (C=O) groups excluding carboxylic acids is 1. The standard InChI is InChI=1S/C11H15N5O2S/c1-2-5-3-6-9(14-4-7(17)8(12)18)15-11(13)16-10(6)19-5/h3,7,17H,2,4H2,1H3,(H2,12,18)(H3,13,14,15,16). The van der Waals surface area contributed by atoms with Crippen LogP contribution in [-0.4, -0.2) is 33.6 Å². The number of hydrogen-bond acceptors (Lipinski definition) is 7. The fourth-order valence-electron chi connectivity index (χ4n) is 1.59. The number of primary amides is 1. The highest BCUT2D eigenvalue weighted by molar-refractivity contribution is 7.18. The Morgan fingerprint density at radius 2 is 2.32 bits per heavy atom. The maximum Gasteiger partial charge on any atom is 0.248 e. The maximum absolute atomic E-state index is 10.8. The Morgan fingerprint density at radius 3 is 2.95 bits per heavy atom. The van der Waals surface area contributed by atoms with Crippen molar-refractivity contribution in [3.8, 4) is 0 Å². The predicted octanol–water partition coefficient (Wildman–Crippen LogP) is 0.0940. The first kappa shape index (κ1) is 13.5. The second-order valence-electron chi connectivity index (χ2n) is 4.01. The number of carbonyl (C=O) groups is 1. The zero-order valence-electron chi connectivity index (χ0n) is 10.4. The van der Waals surface area contributed by atoms with Crippen LogP contribution in [0.1, 0.15) is 11.8 Å². The van der Waals surface area contributed by atoms with Crippen molar-refractivity contribution in [2.24, 2.45) is 5.73 Å². The van der Waals surface area contributed by atoms with Crippen molar-refractivity contribution in [1.82, 2.24) is 9.97 Å². The number of aliphatic hydroxyl groups excluding tert-OH is 1. The zero-order valence-corrected chi connectivity index (χ0v) is 11.2. The van der Waals surface area contributed by atoms with Crippen molar-refractivity contribution in [3.63, 3.8) is 0 Å². The fraction of sp³-hybridized carbons (Fsp3) is 0.364. The molecule has 0 aromatic carbocycles. The van der Waals surface area contributed by atoms with Crippen LogP contribution >= 0.6 is 11.3 Å². The van der Waals surface area contributed by atoms with E-state index in [-0.39, 0.29) is 12.5 Å². The van der Waals surface area contributed by atoms with E-state index in [9.17, 15) is 9.90 Å². The Hall–Kier alpha value is -1.93. The second kappa shape index (κ2) is 5.37. The number of thiophene rings is 1. The molecule has 0 fully saturated rings. The lowest BCUT2D eigenvalue weighted by atomic mass is 10.3. The third-order valence-electron chi connectivity index (χ3n) is 2.60. The Bertz CT molecular complexity index is 612. The Morgan fingerprint density at radius 1 is 1.58 bits per heavy atom. The molecule has 2 heterocycles. The highest BCUT2D eigenvalue weighted by Gasteiger charge is 2.14. The first-order valence-corrected chi connectivity index (χ1v) is 6.60. The first-order valence-electron chi connectivity index (χ1n) is 5.78. The van der Waals surface area contributed by atoms with Crippen molar-refractivity contribution in [1.29, 1.82) is 0 Å². The molecule has 19 heavy (non-hydrogen) atoms. The van der Waals surface area contributed by atoms with Crippen molar-refractivity contribution >= 4 is 39.2 Å². The van der Waals surface area contributed by atoms with Gasteiger partial charge in [0.2, 0.25) is 11.9 Å². The molecule has 8 heteroatoms. The summed E-state index contributed by atoms with van der Waals surface area (Å²) in [5.74, 6) is -0.142. The molecular weight excluding hydrogens is 266 g/mol. The fourth-order valence-corrected chi connectivity index (χ4v) is 2.56. The van der Waals surface area contributed by atoms with E-state index in [1.807, 2.05) is 13.0 Å². The number of hydrogen-bond donors (Lipinski definition) is 4. The van der Waals surface area contributed by atoms with Crippen molar-refractivity contribution in [3.05, 3.63) is 10.9 Å². The summed E-state index contributed by atoms with van der Waals surface area (Å²) in [6.07, 6.45) is -0.375. The van der Waals surface area contributed by atoms with E-state index in [2.05, 4.69) is 15.3 Å². The number of nitrogens with zero attached hydrogens (tertiary/aromatic N) is 2. The highest BCUT2D eigenvalue weighted by Crippen LogP contribution is 2.29. The summed E-state index contributed by atoms with van der Waals surface area (Å²) in [5.41, 5.74) is 10.6. The normalized spacial score (nSPS) is 12.5. The highest BCUT2D eigenvalue weighted by atomic mass is 32.1. The molecule has 0 aliphatic heterocycles. The summed E-state index contributed by atoms with van der Waals surface area (Å²) in [6.45, 7) is 2.03. The first-order chi connectivity index (χ1) is 9.01. The molecule has 1 amide bonds. The minimum Gasteiger partial charge on any atom is -0.381 e. The summed E-state index contributed by atoms with van der Waals surface area (Å²) >= 11 is 1.54. The third kappa shape index (κ3) is 2.91. The van der Waals surface area contributed by atoms with Crippen LogP contribution in [0.2, 0.25) is 0 Å². The van der Waals surface area contributed by atoms with E-state index >= 15 is 0 Å². The lowest BCUT2D eigenvalue weighted by molar-refractivity contribution is -0.125. The van der Waals surface area contributed by atoms with Gasteiger partial charge in [0.25, 0.3) is 0 Å². The van der Waals surface area contributed by atoms with Gasteiger partial charge in [-0.15, -0.1) is 11.3 Å². The van der Waals surface area contributed by atoms with Crippen LogP contribution in [0.25, 0.3) is 10.2 Å². The van der Waals surface area contributed by atoms with E-state index in [1.165, 1.54) is 0 Å². The molecule has 2 rings (SSSR count). The molecule has 1 unspecified atom stereocenters. The minimum atomic E-state index is -1.27. The van der Waals surface area contributed by atoms with Gasteiger partial charge in [-0.05, 0) is 12.5 Å². The van der Waals surface area contributed by atoms with Gasteiger partial charge in [-0.2, -0.15) is 4.98 Å². The SMILES string of the molecule is CCc1cc2c(NCC(O)C(N)=O)nc(N)nc2s1. The Labute approximate surface area is 113 Å². The van der Waals surface area contributed by atoms with Crippen molar-refractivity contribution in [2.75, 3.05) is 17.6 Å². The van der Waals surface area contributed by atoms with E-state index in [1.54, 1.807) is 11.3 Å². The summed E-state index contributed by atoms with van der Waals surface area (Å²) < 4.78 is 0. The largest absolute Gasteiger partial charge is 0.381 e. The summed E-state index contributed by atoms with van der Waals surface area (Å²) in [5, 5.41) is 13.1. The van der Waals surface area contributed by atoms with Crippen molar-refractivity contribution < 1.29 is 9.90 Å². The Kier molecular flexibility index (Phi) is 3.82. The molecule has 102 valence electrons. The average Bonchev–Trinajstić information content (AvgIpc) is 2.78. The average molecular weight is 281 g/mol. The monoisotopic (exact) mass is 281 g/mol. The van der Waals surface area contributed by atoms with Crippen LogP contribution in [0.4, 0.5) is 11.8 Å². The Balaban J connectivity index is 2.30. The number of anilines is 2. The molecule has 7 nitrogen and oxygen atoms in total. The van der Waals surface area contributed by atoms with E-state index in [0.29, 0.717) is 5.82 Å². The summed E-state index contributed by atoms with van der Waals surface area (Å²) in [7, 11) is 0. The molecule has 0 bridgehead atoms. The number of fused-ring (bicyclic) bond motifs is 1. The summed E-state index contributed by atoms with van der Waals surface area (Å²) in [4.78, 5) is 21.0. The van der Waals surface area contributed by atoms with Gasteiger partial charge in [0.05, 0.1) is 11.9 Å². The molecule has 0 saturated heterocycles. The van der Waals surface area contributed by atoms with Gasteiger partial charge in [-0.3, -0.25) is 4.79 Å². The van der Waals surface area contributed by atoms with Gasteiger partial charge in [-0.25, -0.2) is 4.98 Å². The lowest BCUT2D eigenvalue weighted by Gasteiger charge is -2.09. The molecule has 6 N–H and O–H groups in total. The molecule has 2 aromatic heterocycles.